The first-order valence-electron chi connectivity index (χ1n) is 10.6. The number of anilines is 1. The van der Waals surface area contributed by atoms with E-state index in [-0.39, 0.29) is 28.0 Å². The van der Waals surface area contributed by atoms with Crippen molar-refractivity contribution in [3.8, 4) is 0 Å². The van der Waals surface area contributed by atoms with E-state index in [0.29, 0.717) is 6.42 Å². The first-order chi connectivity index (χ1) is 16.8. The Kier molecular flexibility index (Phi) is 9.34. The molecule has 1 fully saturated rings. The van der Waals surface area contributed by atoms with Crippen LogP contribution >= 0.6 is 34.7 Å². The zero-order chi connectivity index (χ0) is 25.5. The van der Waals surface area contributed by atoms with Gasteiger partial charge in [0.2, 0.25) is 12.7 Å². The summed E-state index contributed by atoms with van der Waals surface area (Å²) in [5, 5.41) is 8.99. The Bertz CT molecular complexity index is 1050. The Labute approximate surface area is 214 Å². The summed E-state index contributed by atoms with van der Waals surface area (Å²) in [4.78, 5) is 59.9. The number of rotatable bonds is 11. The number of ether oxygens (including phenoxy) is 2. The molecule has 0 aromatic carbocycles. The quantitative estimate of drug-likeness (QED) is 0.104. The van der Waals surface area contributed by atoms with Crippen LogP contribution in [0.25, 0.3) is 0 Å². The average Bonchev–Trinajstić information content (AvgIpc) is 3.26. The highest BCUT2D eigenvalue weighted by Crippen LogP contribution is 2.41. The molecule has 0 saturated carbocycles. The number of nitrogens with two attached hydrogens (primary N) is 1. The molecule has 12 nitrogen and oxygen atoms in total. The fraction of sp³-hybridized carbons (Fsp3) is 0.500. The van der Waals surface area contributed by atoms with E-state index in [9.17, 15) is 19.2 Å². The number of unbranched alkanes of at least 4 members (excludes halogenated alkanes) is 2. The molecule has 3 heterocycles. The largest absolute Gasteiger partial charge is 0.428 e. The zero-order valence-corrected chi connectivity index (χ0v) is 21.3. The fourth-order valence-corrected chi connectivity index (χ4v) is 5.31. The third-order valence-electron chi connectivity index (χ3n) is 5.02. The molecule has 190 valence electrons. The number of thiazole rings is 1. The molecule has 2 aliphatic heterocycles. The maximum Gasteiger partial charge on any atom is 0.337 e. The Hall–Kier alpha value is -2.84. The topological polar surface area (TPSA) is 163 Å². The van der Waals surface area contributed by atoms with E-state index in [1.165, 1.54) is 22.8 Å². The van der Waals surface area contributed by atoms with Crippen LogP contribution < -0.4 is 11.1 Å². The third-order valence-corrected chi connectivity index (χ3v) is 7.30. The number of nitrogen functional groups attached to an aromatic ring is 1. The first-order valence-corrected chi connectivity index (χ1v) is 12.8. The van der Waals surface area contributed by atoms with Crippen LogP contribution in [0.15, 0.2) is 21.0 Å². The molecule has 0 bridgehead atoms. The van der Waals surface area contributed by atoms with Gasteiger partial charge in [-0.25, -0.2) is 9.78 Å². The van der Waals surface area contributed by atoms with Crippen molar-refractivity contribution in [3.63, 3.8) is 0 Å². The minimum atomic E-state index is -1.21. The summed E-state index contributed by atoms with van der Waals surface area (Å²) in [5.74, 6) is -2.58. The van der Waals surface area contributed by atoms with Gasteiger partial charge in [-0.15, -0.1) is 23.1 Å². The van der Waals surface area contributed by atoms with Crippen molar-refractivity contribution >= 4 is 69.3 Å². The highest BCUT2D eigenvalue weighted by atomic mass is 35.5. The van der Waals surface area contributed by atoms with Crippen LogP contribution in [0.3, 0.4) is 0 Å². The van der Waals surface area contributed by atoms with Gasteiger partial charge in [-0.2, -0.15) is 0 Å². The number of hydrogen-bond donors (Lipinski definition) is 2. The number of oxime groups is 1. The molecule has 0 aliphatic carbocycles. The lowest BCUT2D eigenvalue weighted by Gasteiger charge is -2.50. The number of esters is 2. The Morgan fingerprint density at radius 1 is 1.31 bits per heavy atom. The number of thioether (sulfide) groups is 1. The van der Waals surface area contributed by atoms with Crippen LogP contribution in [0.1, 0.15) is 38.3 Å². The SMILES string of the molecule is CCCCCC(=O)OCOC(=O)C1C(Cl)=CS[C@H]2C(NC(=O)C(=NOC)c3csc(N)n3)C(=O)N12. The number of β-lactam (4-membered cyclic amide) rings is 1. The van der Waals surface area contributed by atoms with Crippen molar-refractivity contribution < 1.29 is 33.5 Å². The molecule has 3 atom stereocenters. The van der Waals surface area contributed by atoms with Crippen molar-refractivity contribution in [3.05, 3.63) is 21.5 Å². The molecular weight excluding hydrogens is 522 g/mol. The maximum atomic E-state index is 12.9. The van der Waals surface area contributed by atoms with Crippen LogP contribution in [-0.2, 0) is 33.5 Å². The van der Waals surface area contributed by atoms with Crippen molar-refractivity contribution in [2.75, 3.05) is 19.6 Å². The molecular formula is C20H24ClN5O7S2. The number of amides is 2. The molecule has 2 amide bonds. The predicted molar refractivity (Wildman–Crippen MR) is 129 cm³/mol. The van der Waals surface area contributed by atoms with Gasteiger partial charge < -0.3 is 30.3 Å². The molecule has 1 aromatic heterocycles. The number of fused-ring (bicyclic) bond motifs is 1. The van der Waals surface area contributed by atoms with Crippen molar-refractivity contribution in [2.24, 2.45) is 5.16 Å². The van der Waals surface area contributed by atoms with Gasteiger partial charge in [-0.3, -0.25) is 14.4 Å². The van der Waals surface area contributed by atoms with E-state index in [1.807, 2.05) is 6.92 Å². The zero-order valence-electron chi connectivity index (χ0n) is 18.9. The van der Waals surface area contributed by atoms with Gasteiger partial charge in [0.05, 0.1) is 5.03 Å². The number of carbonyl (C=O) groups excluding carboxylic acids is 4. The molecule has 15 heteroatoms. The third kappa shape index (κ3) is 6.24. The Morgan fingerprint density at radius 3 is 2.74 bits per heavy atom. The van der Waals surface area contributed by atoms with Crippen LogP contribution in [0.4, 0.5) is 5.13 Å². The van der Waals surface area contributed by atoms with Gasteiger partial charge in [0.25, 0.3) is 5.91 Å². The summed E-state index contributed by atoms with van der Waals surface area (Å²) >= 11 is 8.46. The number of halogens is 1. The maximum absolute atomic E-state index is 12.9. The van der Waals surface area contributed by atoms with Crippen molar-refractivity contribution in [1.29, 1.82) is 0 Å². The normalized spacial score (nSPS) is 21.4. The van der Waals surface area contributed by atoms with E-state index in [4.69, 9.17) is 31.6 Å². The second-order valence-corrected chi connectivity index (χ2v) is 9.69. The standard InChI is InChI=1S/C20H24ClN5O7S2/c1-3-4-5-6-12(27)32-9-33-19(30)15-10(21)7-34-18-14(17(29)26(15)18)24-16(28)13(25-31-2)11-8-35-20(22)23-11/h7-8,14-15,18H,3-6,9H2,1-2H3,(H2,22,23)(H,24,28)/t14?,15?,18-/m0/s1. The van der Waals surface area contributed by atoms with Gasteiger partial charge in [-0.1, -0.05) is 36.5 Å². The monoisotopic (exact) mass is 545 g/mol. The fourth-order valence-electron chi connectivity index (χ4n) is 3.32. The number of nitrogens with zero attached hydrogens (tertiary/aromatic N) is 3. The van der Waals surface area contributed by atoms with Crippen LogP contribution in [0.2, 0.25) is 0 Å². The van der Waals surface area contributed by atoms with E-state index < -0.39 is 48.0 Å². The second kappa shape index (κ2) is 12.2. The smallest absolute Gasteiger partial charge is 0.337 e. The number of aromatic nitrogens is 1. The highest BCUT2D eigenvalue weighted by molar-refractivity contribution is 8.03. The highest BCUT2D eigenvalue weighted by Gasteiger charge is 2.56. The summed E-state index contributed by atoms with van der Waals surface area (Å²) in [6.45, 7) is 1.43. The van der Waals surface area contributed by atoms with Gasteiger partial charge in [0.1, 0.15) is 24.2 Å². The average molecular weight is 546 g/mol. The lowest BCUT2D eigenvalue weighted by Crippen LogP contribution is -2.74. The molecule has 1 saturated heterocycles. The lowest BCUT2D eigenvalue weighted by molar-refractivity contribution is -0.175. The van der Waals surface area contributed by atoms with E-state index >= 15 is 0 Å². The number of hydrogen-bond acceptors (Lipinski definition) is 12. The summed E-state index contributed by atoms with van der Waals surface area (Å²) in [6.07, 6.45) is 2.75. The molecule has 3 N–H and O–H groups in total. The van der Waals surface area contributed by atoms with E-state index in [0.717, 1.165) is 35.9 Å². The van der Waals surface area contributed by atoms with Crippen molar-refractivity contribution in [2.45, 2.75) is 50.1 Å². The van der Waals surface area contributed by atoms with Gasteiger partial charge in [0, 0.05) is 11.8 Å². The van der Waals surface area contributed by atoms with E-state index in [1.54, 1.807) is 0 Å². The summed E-state index contributed by atoms with van der Waals surface area (Å²) in [5.41, 5.74) is 5.66. The van der Waals surface area contributed by atoms with Gasteiger partial charge in [0.15, 0.2) is 16.9 Å². The molecule has 0 spiro atoms. The lowest BCUT2D eigenvalue weighted by atomic mass is 10.0. The predicted octanol–water partition coefficient (Wildman–Crippen LogP) is 1.55. The molecule has 0 radical (unpaired) electrons. The van der Waals surface area contributed by atoms with Crippen LogP contribution in [0, 0.1) is 0 Å². The number of carbonyl (C=O) groups is 4. The second-order valence-electron chi connectivity index (χ2n) is 7.38. The first kappa shape index (κ1) is 26.8. The molecule has 2 aliphatic rings. The molecule has 2 unspecified atom stereocenters. The van der Waals surface area contributed by atoms with Crippen LogP contribution in [0.5, 0.6) is 0 Å². The van der Waals surface area contributed by atoms with E-state index in [2.05, 4.69) is 15.5 Å². The summed E-state index contributed by atoms with van der Waals surface area (Å²) in [7, 11) is 1.27. The van der Waals surface area contributed by atoms with Crippen LogP contribution in [-0.4, -0.2) is 70.7 Å². The van der Waals surface area contributed by atoms with Gasteiger partial charge in [-0.05, 0) is 11.8 Å². The molecule has 3 rings (SSSR count). The Balaban J connectivity index is 1.60. The number of nitrogens with one attached hydrogen (secondary N) is 1. The minimum absolute atomic E-state index is 0.0724. The minimum Gasteiger partial charge on any atom is -0.428 e. The van der Waals surface area contributed by atoms with Gasteiger partial charge >= 0.3 is 11.9 Å². The molecule has 1 aromatic rings. The van der Waals surface area contributed by atoms with Crippen molar-refractivity contribution in [1.82, 2.24) is 15.2 Å². The summed E-state index contributed by atoms with van der Waals surface area (Å²) < 4.78 is 9.93. The Morgan fingerprint density at radius 2 is 2.09 bits per heavy atom. The summed E-state index contributed by atoms with van der Waals surface area (Å²) in [6, 6.07) is -2.17. The molecule has 35 heavy (non-hydrogen) atoms.